The monoisotopic (exact) mass is 416 g/mol. The first-order valence-electron chi connectivity index (χ1n) is 9.35. The number of esters is 1. The van der Waals surface area contributed by atoms with Gasteiger partial charge in [0.05, 0.1) is 11.3 Å². The first-order valence-corrected chi connectivity index (χ1v) is 9.35. The van der Waals surface area contributed by atoms with Gasteiger partial charge in [-0.2, -0.15) is 5.11 Å². The molecular weight excluding hydrogens is 396 g/mol. The van der Waals surface area contributed by atoms with Crippen LogP contribution in [0, 0.1) is 0 Å². The van der Waals surface area contributed by atoms with Gasteiger partial charge in [-0.15, -0.1) is 5.11 Å². The predicted molar refractivity (Wildman–Crippen MR) is 115 cm³/mol. The molecule has 31 heavy (non-hydrogen) atoms. The van der Waals surface area contributed by atoms with Crippen molar-refractivity contribution in [1.82, 2.24) is 0 Å². The fourth-order valence-corrected chi connectivity index (χ4v) is 2.68. The van der Waals surface area contributed by atoms with E-state index in [0.29, 0.717) is 16.8 Å². The Balaban J connectivity index is 1.89. The molecule has 0 aliphatic carbocycles. The van der Waals surface area contributed by atoms with Gasteiger partial charge in [0, 0.05) is 22.8 Å². The van der Waals surface area contributed by atoms with Crippen molar-refractivity contribution in [3.05, 3.63) is 95.6 Å². The van der Waals surface area contributed by atoms with Crippen molar-refractivity contribution in [3.63, 3.8) is 0 Å². The molecule has 0 atom stereocenters. The molecule has 0 aliphatic rings. The van der Waals surface area contributed by atoms with Crippen LogP contribution in [0.4, 0.5) is 11.4 Å². The van der Waals surface area contributed by atoms with Gasteiger partial charge in [-0.1, -0.05) is 55.1 Å². The Kier molecular flexibility index (Phi) is 6.57. The number of rotatable bonds is 7. The Hall–Kier alpha value is -4.26. The SMILES string of the molecule is C=C(C)C(=O)OCc1ccccc1N=Nc1cc(C(=O)c2ccccc2)c(O)cc1O. The van der Waals surface area contributed by atoms with E-state index in [2.05, 4.69) is 16.8 Å². The fourth-order valence-electron chi connectivity index (χ4n) is 2.68. The van der Waals surface area contributed by atoms with E-state index in [4.69, 9.17) is 4.74 Å². The number of ether oxygens (including phenoxy) is 1. The summed E-state index contributed by atoms with van der Waals surface area (Å²) in [5.74, 6) is -1.64. The normalized spacial score (nSPS) is 10.7. The molecule has 3 rings (SSSR count). The highest BCUT2D eigenvalue weighted by atomic mass is 16.5. The van der Waals surface area contributed by atoms with Crippen molar-refractivity contribution in [2.75, 3.05) is 0 Å². The molecule has 0 bridgehead atoms. The summed E-state index contributed by atoms with van der Waals surface area (Å²) in [6, 6.07) is 17.7. The maximum absolute atomic E-state index is 12.7. The molecule has 0 heterocycles. The average molecular weight is 416 g/mol. The van der Waals surface area contributed by atoms with Gasteiger partial charge >= 0.3 is 5.97 Å². The Morgan fingerprint density at radius 2 is 1.55 bits per heavy atom. The molecule has 0 aliphatic heterocycles. The zero-order valence-electron chi connectivity index (χ0n) is 16.8. The van der Waals surface area contributed by atoms with Crippen LogP contribution in [-0.4, -0.2) is 22.0 Å². The van der Waals surface area contributed by atoms with E-state index in [1.54, 1.807) is 61.5 Å². The molecular formula is C24H20N2O5. The molecule has 156 valence electrons. The second kappa shape index (κ2) is 9.49. The number of hydrogen-bond acceptors (Lipinski definition) is 7. The molecule has 0 spiro atoms. The van der Waals surface area contributed by atoms with Crippen LogP contribution in [-0.2, 0) is 16.1 Å². The maximum Gasteiger partial charge on any atom is 0.333 e. The summed E-state index contributed by atoms with van der Waals surface area (Å²) in [5.41, 5.74) is 1.67. The molecule has 3 aromatic rings. The third-order valence-corrected chi connectivity index (χ3v) is 4.34. The molecule has 7 heteroatoms. The first-order chi connectivity index (χ1) is 14.9. The lowest BCUT2D eigenvalue weighted by molar-refractivity contribution is -0.140. The second-order valence-electron chi connectivity index (χ2n) is 6.74. The third-order valence-electron chi connectivity index (χ3n) is 4.34. The molecule has 0 amide bonds. The molecule has 2 N–H and O–H groups in total. The summed E-state index contributed by atoms with van der Waals surface area (Å²) in [6.45, 7) is 5.06. The Bertz CT molecular complexity index is 1170. The minimum absolute atomic E-state index is 0.00538. The molecule has 7 nitrogen and oxygen atoms in total. The predicted octanol–water partition coefficient (Wildman–Crippen LogP) is 5.36. The van der Waals surface area contributed by atoms with Crippen molar-refractivity contribution in [1.29, 1.82) is 0 Å². The van der Waals surface area contributed by atoms with Crippen molar-refractivity contribution in [2.24, 2.45) is 10.2 Å². The van der Waals surface area contributed by atoms with Gasteiger partial charge in [-0.3, -0.25) is 4.79 Å². The van der Waals surface area contributed by atoms with Crippen LogP contribution in [0.1, 0.15) is 28.4 Å². The number of phenols is 2. The molecule has 0 aromatic heterocycles. The Labute approximate surface area is 179 Å². The minimum atomic E-state index is -0.521. The highest BCUT2D eigenvalue weighted by Crippen LogP contribution is 2.36. The van der Waals surface area contributed by atoms with Crippen LogP contribution in [0.2, 0.25) is 0 Å². The van der Waals surface area contributed by atoms with E-state index in [1.807, 2.05) is 0 Å². The number of ketones is 1. The number of aromatic hydroxyl groups is 2. The van der Waals surface area contributed by atoms with Crippen LogP contribution >= 0.6 is 0 Å². The van der Waals surface area contributed by atoms with Crippen LogP contribution in [0.5, 0.6) is 11.5 Å². The maximum atomic E-state index is 12.7. The van der Waals surface area contributed by atoms with Gasteiger partial charge in [-0.25, -0.2) is 4.79 Å². The smallest absolute Gasteiger partial charge is 0.333 e. The zero-order chi connectivity index (χ0) is 22.4. The standard InChI is InChI=1S/C24H20N2O5/c1-15(2)24(30)31-14-17-10-6-7-11-19(17)25-26-20-12-18(21(27)13-22(20)28)23(29)16-8-4-3-5-9-16/h3-13,27-28H,1,14H2,2H3. The number of nitrogens with zero attached hydrogens (tertiary/aromatic N) is 2. The number of phenolic OH excluding ortho intramolecular Hbond substituents is 2. The lowest BCUT2D eigenvalue weighted by atomic mass is 10.0. The van der Waals surface area contributed by atoms with Crippen LogP contribution < -0.4 is 0 Å². The van der Waals surface area contributed by atoms with Crippen LogP contribution in [0.15, 0.2) is 89.1 Å². The first kappa shape index (κ1) is 21.4. The lowest BCUT2D eigenvalue weighted by Crippen LogP contribution is -2.04. The van der Waals surface area contributed by atoms with Gasteiger partial charge < -0.3 is 14.9 Å². The van der Waals surface area contributed by atoms with E-state index in [-0.39, 0.29) is 34.9 Å². The molecule has 0 saturated heterocycles. The largest absolute Gasteiger partial charge is 0.507 e. The summed E-state index contributed by atoms with van der Waals surface area (Å²) in [4.78, 5) is 24.3. The Morgan fingerprint density at radius 3 is 2.26 bits per heavy atom. The number of carbonyl (C=O) groups excluding carboxylic acids is 2. The number of carbonyl (C=O) groups is 2. The van der Waals surface area contributed by atoms with Crippen molar-refractivity contribution in [2.45, 2.75) is 13.5 Å². The van der Waals surface area contributed by atoms with E-state index >= 15 is 0 Å². The quantitative estimate of drug-likeness (QED) is 0.233. The average Bonchev–Trinajstić information content (AvgIpc) is 2.77. The summed E-state index contributed by atoms with van der Waals surface area (Å²) in [5, 5.41) is 28.4. The van der Waals surface area contributed by atoms with Gasteiger partial charge in [-0.05, 0) is 19.1 Å². The molecule has 0 fully saturated rings. The minimum Gasteiger partial charge on any atom is -0.507 e. The van der Waals surface area contributed by atoms with Crippen molar-refractivity contribution >= 4 is 23.1 Å². The van der Waals surface area contributed by atoms with Crippen molar-refractivity contribution < 1.29 is 24.5 Å². The van der Waals surface area contributed by atoms with E-state index < -0.39 is 11.8 Å². The van der Waals surface area contributed by atoms with Crippen LogP contribution in [0.25, 0.3) is 0 Å². The summed E-state index contributed by atoms with van der Waals surface area (Å²) in [6.07, 6.45) is 0. The number of hydrogen-bond donors (Lipinski definition) is 2. The van der Waals surface area contributed by atoms with E-state index in [9.17, 15) is 19.8 Å². The van der Waals surface area contributed by atoms with Gasteiger partial charge in [0.1, 0.15) is 23.8 Å². The number of azo groups is 1. The summed E-state index contributed by atoms with van der Waals surface area (Å²) in [7, 11) is 0. The van der Waals surface area contributed by atoms with Gasteiger partial charge in [0.25, 0.3) is 0 Å². The molecule has 3 aromatic carbocycles. The van der Waals surface area contributed by atoms with Gasteiger partial charge in [0.2, 0.25) is 0 Å². The second-order valence-corrected chi connectivity index (χ2v) is 6.74. The molecule has 0 unspecified atom stereocenters. The van der Waals surface area contributed by atoms with Gasteiger partial charge in [0.15, 0.2) is 5.78 Å². The fraction of sp³-hybridized carbons (Fsp3) is 0.0833. The topological polar surface area (TPSA) is 109 Å². The lowest BCUT2D eigenvalue weighted by Gasteiger charge is -2.08. The van der Waals surface area contributed by atoms with E-state index in [0.717, 1.165) is 6.07 Å². The Morgan fingerprint density at radius 1 is 0.903 bits per heavy atom. The zero-order valence-corrected chi connectivity index (χ0v) is 16.8. The third kappa shape index (κ3) is 5.22. The highest BCUT2D eigenvalue weighted by molar-refractivity contribution is 6.11. The number of benzene rings is 3. The molecule has 0 radical (unpaired) electrons. The summed E-state index contributed by atoms with van der Waals surface area (Å²) >= 11 is 0. The van der Waals surface area contributed by atoms with E-state index in [1.165, 1.54) is 6.07 Å². The molecule has 0 saturated carbocycles. The van der Waals surface area contributed by atoms with Crippen molar-refractivity contribution in [3.8, 4) is 11.5 Å². The van der Waals surface area contributed by atoms with Crippen LogP contribution in [0.3, 0.4) is 0 Å². The highest BCUT2D eigenvalue weighted by Gasteiger charge is 2.17. The summed E-state index contributed by atoms with van der Waals surface area (Å²) < 4.78 is 5.15.